The standard InChI is InChI=1S/C12H8ClFN4/c13-11-12-17-16-10(18(12)6-5-15-11)7-8-3-1-2-4-9(8)14/h1-6H,7H2. The smallest absolute Gasteiger partial charge is 0.198 e. The molecule has 90 valence electrons. The number of benzene rings is 1. The van der Waals surface area contributed by atoms with Crippen LogP contribution in [0.2, 0.25) is 5.15 Å². The summed E-state index contributed by atoms with van der Waals surface area (Å²) >= 11 is 5.90. The Morgan fingerprint density at radius 3 is 2.89 bits per heavy atom. The van der Waals surface area contributed by atoms with Crippen LogP contribution in [0.5, 0.6) is 0 Å². The molecule has 0 unspecified atom stereocenters. The lowest BCUT2D eigenvalue weighted by Crippen LogP contribution is -1.99. The molecule has 0 aliphatic carbocycles. The minimum Gasteiger partial charge on any atom is -0.282 e. The molecule has 0 saturated heterocycles. The van der Waals surface area contributed by atoms with Crippen molar-refractivity contribution in [3.8, 4) is 0 Å². The lowest BCUT2D eigenvalue weighted by Gasteiger charge is -2.01. The molecular weight excluding hydrogens is 255 g/mol. The Hall–Kier alpha value is -2.01. The van der Waals surface area contributed by atoms with Crippen molar-refractivity contribution >= 4 is 17.2 Å². The second-order valence-electron chi connectivity index (χ2n) is 3.80. The normalized spacial score (nSPS) is 11.0. The quantitative estimate of drug-likeness (QED) is 0.713. The number of hydrogen-bond acceptors (Lipinski definition) is 3. The van der Waals surface area contributed by atoms with Crippen molar-refractivity contribution in [1.29, 1.82) is 0 Å². The fourth-order valence-electron chi connectivity index (χ4n) is 1.78. The molecule has 3 rings (SSSR count). The van der Waals surface area contributed by atoms with Gasteiger partial charge in [-0.15, -0.1) is 10.2 Å². The SMILES string of the molecule is Fc1ccccc1Cc1nnc2c(Cl)nccn12. The Morgan fingerprint density at radius 1 is 1.22 bits per heavy atom. The zero-order chi connectivity index (χ0) is 12.5. The van der Waals surface area contributed by atoms with Gasteiger partial charge in [-0.2, -0.15) is 0 Å². The van der Waals surface area contributed by atoms with E-state index in [0.29, 0.717) is 23.5 Å². The Bertz CT molecular complexity index is 710. The molecule has 0 aliphatic rings. The van der Waals surface area contributed by atoms with Gasteiger partial charge in [0.15, 0.2) is 10.8 Å². The van der Waals surface area contributed by atoms with Crippen molar-refractivity contribution in [2.24, 2.45) is 0 Å². The third kappa shape index (κ3) is 1.82. The van der Waals surface area contributed by atoms with Crippen LogP contribution < -0.4 is 0 Å². The van der Waals surface area contributed by atoms with Crippen LogP contribution in [0.1, 0.15) is 11.4 Å². The second-order valence-corrected chi connectivity index (χ2v) is 4.15. The summed E-state index contributed by atoms with van der Waals surface area (Å²) < 4.78 is 15.3. The van der Waals surface area contributed by atoms with Crippen LogP contribution in [-0.4, -0.2) is 19.6 Å². The molecule has 0 bridgehead atoms. The third-order valence-corrected chi connectivity index (χ3v) is 2.93. The molecule has 18 heavy (non-hydrogen) atoms. The Labute approximate surface area is 107 Å². The number of aromatic nitrogens is 4. The van der Waals surface area contributed by atoms with E-state index < -0.39 is 0 Å². The van der Waals surface area contributed by atoms with Crippen molar-refractivity contribution in [1.82, 2.24) is 19.6 Å². The van der Waals surface area contributed by atoms with Crippen LogP contribution in [-0.2, 0) is 6.42 Å². The average Bonchev–Trinajstić information content (AvgIpc) is 2.77. The molecule has 0 fully saturated rings. The Balaban J connectivity index is 2.06. The molecule has 0 atom stereocenters. The van der Waals surface area contributed by atoms with E-state index in [1.54, 1.807) is 35.0 Å². The van der Waals surface area contributed by atoms with E-state index in [-0.39, 0.29) is 11.0 Å². The van der Waals surface area contributed by atoms with E-state index >= 15 is 0 Å². The summed E-state index contributed by atoms with van der Waals surface area (Å²) in [6.07, 6.45) is 3.62. The highest BCUT2D eigenvalue weighted by atomic mass is 35.5. The van der Waals surface area contributed by atoms with Gasteiger partial charge in [-0.1, -0.05) is 29.8 Å². The molecule has 0 saturated carbocycles. The summed E-state index contributed by atoms with van der Waals surface area (Å²) in [5.41, 5.74) is 1.05. The number of hydrogen-bond donors (Lipinski definition) is 0. The van der Waals surface area contributed by atoms with Crippen LogP contribution in [0.3, 0.4) is 0 Å². The number of fused-ring (bicyclic) bond motifs is 1. The van der Waals surface area contributed by atoms with Crippen molar-refractivity contribution in [3.63, 3.8) is 0 Å². The molecule has 2 aromatic heterocycles. The van der Waals surface area contributed by atoms with Crippen molar-refractivity contribution in [2.75, 3.05) is 0 Å². The predicted molar refractivity (Wildman–Crippen MR) is 65.0 cm³/mol. The first kappa shape index (κ1) is 11.1. The van der Waals surface area contributed by atoms with Crippen molar-refractivity contribution in [3.05, 3.63) is 59.0 Å². The van der Waals surface area contributed by atoms with Gasteiger partial charge in [-0.05, 0) is 11.6 Å². The summed E-state index contributed by atoms with van der Waals surface area (Å²) in [6, 6.07) is 6.59. The number of nitrogens with zero attached hydrogens (tertiary/aromatic N) is 4. The van der Waals surface area contributed by atoms with E-state index in [1.807, 2.05) is 0 Å². The molecule has 1 aromatic carbocycles. The summed E-state index contributed by atoms with van der Waals surface area (Å²) in [7, 11) is 0. The zero-order valence-corrected chi connectivity index (χ0v) is 9.97. The molecule has 6 heteroatoms. The fraction of sp³-hybridized carbons (Fsp3) is 0.0833. The average molecular weight is 263 g/mol. The first-order chi connectivity index (χ1) is 8.75. The Morgan fingerprint density at radius 2 is 2.06 bits per heavy atom. The van der Waals surface area contributed by atoms with Gasteiger partial charge >= 0.3 is 0 Å². The monoisotopic (exact) mass is 262 g/mol. The molecule has 2 heterocycles. The summed E-state index contributed by atoms with van der Waals surface area (Å²) in [5.74, 6) is 0.369. The maximum absolute atomic E-state index is 13.6. The lowest BCUT2D eigenvalue weighted by atomic mass is 10.1. The first-order valence-electron chi connectivity index (χ1n) is 5.33. The topological polar surface area (TPSA) is 43.1 Å². The highest BCUT2D eigenvalue weighted by molar-refractivity contribution is 6.32. The van der Waals surface area contributed by atoms with Crippen molar-refractivity contribution in [2.45, 2.75) is 6.42 Å². The molecule has 0 aliphatic heterocycles. The predicted octanol–water partition coefficient (Wildman–Crippen LogP) is 2.51. The molecule has 4 nitrogen and oxygen atoms in total. The maximum Gasteiger partial charge on any atom is 0.198 e. The highest BCUT2D eigenvalue weighted by Gasteiger charge is 2.11. The molecule has 0 spiro atoms. The van der Waals surface area contributed by atoms with Gasteiger partial charge in [-0.25, -0.2) is 9.37 Å². The molecule has 3 aromatic rings. The van der Waals surface area contributed by atoms with Gasteiger partial charge in [0.05, 0.1) is 0 Å². The summed E-state index contributed by atoms with van der Waals surface area (Å²) in [6.45, 7) is 0. The molecule has 0 amide bonds. The Kier molecular flexibility index (Phi) is 2.68. The van der Waals surface area contributed by atoms with Gasteiger partial charge in [0.2, 0.25) is 0 Å². The van der Waals surface area contributed by atoms with E-state index in [4.69, 9.17) is 11.6 Å². The van der Waals surface area contributed by atoms with Crippen molar-refractivity contribution < 1.29 is 4.39 Å². The van der Waals surface area contributed by atoms with Gasteiger partial charge in [-0.3, -0.25) is 4.40 Å². The lowest BCUT2D eigenvalue weighted by molar-refractivity contribution is 0.611. The van der Waals surface area contributed by atoms with Gasteiger partial charge in [0.1, 0.15) is 11.6 Å². The van der Waals surface area contributed by atoms with E-state index in [9.17, 15) is 4.39 Å². The number of rotatable bonds is 2. The highest BCUT2D eigenvalue weighted by Crippen LogP contribution is 2.16. The van der Waals surface area contributed by atoms with E-state index in [1.165, 1.54) is 6.07 Å². The molecular formula is C12H8ClFN4. The van der Waals surface area contributed by atoms with E-state index in [2.05, 4.69) is 15.2 Å². The van der Waals surface area contributed by atoms with Crippen LogP contribution in [0.15, 0.2) is 36.7 Å². The van der Waals surface area contributed by atoms with Crippen LogP contribution in [0.4, 0.5) is 4.39 Å². The van der Waals surface area contributed by atoms with Crippen LogP contribution >= 0.6 is 11.6 Å². The first-order valence-corrected chi connectivity index (χ1v) is 5.71. The second kappa shape index (κ2) is 4.34. The van der Waals surface area contributed by atoms with E-state index in [0.717, 1.165) is 0 Å². The third-order valence-electron chi connectivity index (χ3n) is 2.66. The fourth-order valence-corrected chi connectivity index (χ4v) is 1.96. The van der Waals surface area contributed by atoms with Gasteiger partial charge in [0.25, 0.3) is 0 Å². The van der Waals surface area contributed by atoms with Crippen LogP contribution in [0.25, 0.3) is 5.65 Å². The van der Waals surface area contributed by atoms with Crippen LogP contribution in [0, 0.1) is 5.82 Å². The summed E-state index contributed by atoms with van der Waals surface area (Å²) in [4.78, 5) is 3.91. The maximum atomic E-state index is 13.6. The summed E-state index contributed by atoms with van der Waals surface area (Å²) in [5, 5.41) is 8.24. The zero-order valence-electron chi connectivity index (χ0n) is 9.22. The van der Waals surface area contributed by atoms with Gasteiger partial charge < -0.3 is 0 Å². The number of halogens is 2. The molecule has 0 radical (unpaired) electrons. The minimum absolute atomic E-state index is 0.255. The van der Waals surface area contributed by atoms with Gasteiger partial charge in [0, 0.05) is 18.8 Å². The minimum atomic E-state index is -0.255. The molecule has 0 N–H and O–H groups in total. The largest absolute Gasteiger partial charge is 0.282 e.